The van der Waals surface area contributed by atoms with Gasteiger partial charge < -0.3 is 19.7 Å². The number of methoxy groups -OCH3 is 1. The standard InChI is InChI=1S/C22H26N2O3/c1-26-19-8-7-17-13-18(15-27-21(17)14-19)22(25)23-10-4-11-24-12-9-16-5-2-3-6-20(16)24/h2-3,5-8,14,18H,4,9-13,15H2,1H3,(H,23,25)/t18-/m1/s1. The van der Waals surface area contributed by atoms with Gasteiger partial charge in [0.05, 0.1) is 13.0 Å². The van der Waals surface area contributed by atoms with Crippen LogP contribution in [0.4, 0.5) is 5.69 Å². The maximum absolute atomic E-state index is 12.5. The van der Waals surface area contributed by atoms with Crippen LogP contribution < -0.4 is 19.7 Å². The van der Waals surface area contributed by atoms with Gasteiger partial charge in [0.1, 0.15) is 18.1 Å². The predicted octanol–water partition coefficient (Wildman–Crippen LogP) is 2.82. The molecule has 2 heterocycles. The zero-order chi connectivity index (χ0) is 18.6. The van der Waals surface area contributed by atoms with Crippen molar-refractivity contribution in [2.75, 3.05) is 38.3 Å². The van der Waals surface area contributed by atoms with E-state index in [1.807, 2.05) is 18.2 Å². The molecule has 5 nitrogen and oxygen atoms in total. The van der Waals surface area contributed by atoms with Crippen LogP contribution in [-0.2, 0) is 17.6 Å². The first-order chi connectivity index (χ1) is 13.2. The topological polar surface area (TPSA) is 50.8 Å². The van der Waals surface area contributed by atoms with Gasteiger partial charge in [0.15, 0.2) is 0 Å². The van der Waals surface area contributed by atoms with Gasteiger partial charge in [-0.05, 0) is 42.5 Å². The van der Waals surface area contributed by atoms with Crippen molar-refractivity contribution in [3.63, 3.8) is 0 Å². The lowest BCUT2D eigenvalue weighted by atomic mass is 9.96. The molecule has 1 N–H and O–H groups in total. The second kappa shape index (κ2) is 7.91. The Balaban J connectivity index is 1.23. The van der Waals surface area contributed by atoms with Crippen LogP contribution in [-0.4, -0.2) is 39.3 Å². The molecular weight excluding hydrogens is 340 g/mol. The van der Waals surface area contributed by atoms with Crippen molar-refractivity contribution in [3.8, 4) is 11.5 Å². The molecule has 0 fully saturated rings. The van der Waals surface area contributed by atoms with Gasteiger partial charge in [0.25, 0.3) is 0 Å². The quantitative estimate of drug-likeness (QED) is 0.799. The smallest absolute Gasteiger partial charge is 0.226 e. The molecule has 0 unspecified atom stereocenters. The first-order valence-corrected chi connectivity index (χ1v) is 9.65. The van der Waals surface area contributed by atoms with Crippen molar-refractivity contribution in [2.24, 2.45) is 5.92 Å². The van der Waals surface area contributed by atoms with Crippen molar-refractivity contribution >= 4 is 11.6 Å². The maximum Gasteiger partial charge on any atom is 0.226 e. The Kier molecular flexibility index (Phi) is 5.19. The number of nitrogens with one attached hydrogen (secondary N) is 1. The number of hydrogen-bond donors (Lipinski definition) is 1. The molecule has 1 atom stereocenters. The van der Waals surface area contributed by atoms with Crippen LogP contribution in [0.5, 0.6) is 11.5 Å². The van der Waals surface area contributed by atoms with E-state index < -0.39 is 0 Å². The minimum absolute atomic E-state index is 0.0818. The molecule has 2 aliphatic rings. The Morgan fingerprint density at radius 2 is 2.15 bits per heavy atom. The van der Waals surface area contributed by atoms with Crippen molar-refractivity contribution in [2.45, 2.75) is 19.3 Å². The number of nitrogens with zero attached hydrogens (tertiary/aromatic N) is 1. The minimum Gasteiger partial charge on any atom is -0.497 e. The molecule has 0 saturated carbocycles. The molecule has 2 aromatic rings. The third-order valence-corrected chi connectivity index (χ3v) is 5.44. The summed E-state index contributed by atoms with van der Waals surface area (Å²) in [6.07, 6.45) is 2.78. The van der Waals surface area contributed by atoms with Gasteiger partial charge in [-0.15, -0.1) is 0 Å². The molecule has 0 bridgehead atoms. The monoisotopic (exact) mass is 366 g/mol. The highest BCUT2D eigenvalue weighted by atomic mass is 16.5. The summed E-state index contributed by atoms with van der Waals surface area (Å²) in [6, 6.07) is 14.4. The summed E-state index contributed by atoms with van der Waals surface area (Å²) in [5.74, 6) is 1.56. The lowest BCUT2D eigenvalue weighted by molar-refractivity contribution is -0.126. The Morgan fingerprint density at radius 3 is 3.04 bits per heavy atom. The van der Waals surface area contributed by atoms with Gasteiger partial charge in [-0.25, -0.2) is 0 Å². The van der Waals surface area contributed by atoms with Gasteiger partial charge >= 0.3 is 0 Å². The van der Waals surface area contributed by atoms with Gasteiger partial charge in [-0.1, -0.05) is 24.3 Å². The Hall–Kier alpha value is -2.69. The fraction of sp³-hybridized carbons (Fsp3) is 0.409. The van der Waals surface area contributed by atoms with Gasteiger partial charge in [0, 0.05) is 31.4 Å². The van der Waals surface area contributed by atoms with E-state index in [1.54, 1.807) is 7.11 Å². The lowest BCUT2D eigenvalue weighted by Crippen LogP contribution is -2.38. The van der Waals surface area contributed by atoms with E-state index in [-0.39, 0.29) is 11.8 Å². The fourth-order valence-electron chi connectivity index (χ4n) is 3.91. The maximum atomic E-state index is 12.5. The number of hydrogen-bond acceptors (Lipinski definition) is 4. The van der Waals surface area contributed by atoms with Crippen LogP contribution in [0.25, 0.3) is 0 Å². The molecule has 2 aliphatic heterocycles. The van der Waals surface area contributed by atoms with Crippen LogP contribution in [0, 0.1) is 5.92 Å². The van der Waals surface area contributed by atoms with Crippen LogP contribution in [0.2, 0.25) is 0 Å². The van der Waals surface area contributed by atoms with E-state index in [2.05, 4.69) is 34.5 Å². The second-order valence-electron chi connectivity index (χ2n) is 7.20. The van der Waals surface area contributed by atoms with E-state index >= 15 is 0 Å². The van der Waals surface area contributed by atoms with Crippen LogP contribution in [0.3, 0.4) is 0 Å². The summed E-state index contributed by atoms with van der Waals surface area (Å²) >= 11 is 0. The van der Waals surface area contributed by atoms with E-state index in [1.165, 1.54) is 11.3 Å². The van der Waals surface area contributed by atoms with Gasteiger partial charge in [-0.2, -0.15) is 0 Å². The third-order valence-electron chi connectivity index (χ3n) is 5.44. The molecule has 0 radical (unpaired) electrons. The first kappa shape index (κ1) is 17.7. The molecule has 0 saturated heterocycles. The molecule has 0 aromatic heterocycles. The predicted molar refractivity (Wildman–Crippen MR) is 106 cm³/mol. The summed E-state index contributed by atoms with van der Waals surface area (Å²) < 4.78 is 11.0. The Bertz CT molecular complexity index is 821. The molecule has 1 amide bonds. The highest BCUT2D eigenvalue weighted by Crippen LogP contribution is 2.31. The first-order valence-electron chi connectivity index (χ1n) is 9.65. The van der Waals surface area contributed by atoms with Crippen LogP contribution in [0.1, 0.15) is 17.5 Å². The number of carbonyl (C=O) groups excluding carboxylic acids is 1. The number of ether oxygens (including phenoxy) is 2. The third kappa shape index (κ3) is 3.87. The number of rotatable bonds is 6. The second-order valence-corrected chi connectivity index (χ2v) is 7.20. The number of amides is 1. The minimum atomic E-state index is -0.126. The largest absolute Gasteiger partial charge is 0.497 e. The number of carbonyl (C=O) groups is 1. The molecule has 0 aliphatic carbocycles. The van der Waals surface area contributed by atoms with Crippen LogP contribution in [0.15, 0.2) is 42.5 Å². The average molecular weight is 366 g/mol. The van der Waals surface area contributed by atoms with E-state index in [9.17, 15) is 4.79 Å². The molecule has 0 spiro atoms. The van der Waals surface area contributed by atoms with E-state index in [0.29, 0.717) is 19.6 Å². The zero-order valence-electron chi connectivity index (χ0n) is 15.7. The SMILES string of the molecule is COc1ccc2c(c1)OC[C@H](C(=O)NCCCN1CCc3ccccc31)C2. The number of anilines is 1. The Labute approximate surface area is 160 Å². The lowest BCUT2D eigenvalue weighted by Gasteiger charge is -2.25. The van der Waals surface area contributed by atoms with Crippen molar-refractivity contribution < 1.29 is 14.3 Å². The molecule has 2 aromatic carbocycles. The average Bonchev–Trinajstić information content (AvgIpc) is 3.13. The van der Waals surface area contributed by atoms with Crippen LogP contribution >= 0.6 is 0 Å². The fourth-order valence-corrected chi connectivity index (χ4v) is 3.91. The highest BCUT2D eigenvalue weighted by Gasteiger charge is 2.26. The van der Waals surface area contributed by atoms with E-state index in [0.717, 1.165) is 43.0 Å². The summed E-state index contributed by atoms with van der Waals surface area (Å²) in [4.78, 5) is 14.9. The summed E-state index contributed by atoms with van der Waals surface area (Å²) in [5, 5.41) is 3.08. The van der Waals surface area contributed by atoms with Crippen molar-refractivity contribution in [1.29, 1.82) is 0 Å². The summed E-state index contributed by atoms with van der Waals surface area (Å²) in [7, 11) is 1.64. The Morgan fingerprint density at radius 1 is 1.26 bits per heavy atom. The number of para-hydroxylation sites is 1. The number of benzene rings is 2. The zero-order valence-corrected chi connectivity index (χ0v) is 15.7. The van der Waals surface area contributed by atoms with Gasteiger partial charge in [0.2, 0.25) is 5.91 Å². The molecule has 142 valence electrons. The van der Waals surface area contributed by atoms with Crippen molar-refractivity contribution in [1.82, 2.24) is 5.32 Å². The summed E-state index contributed by atoms with van der Waals surface area (Å²) in [6.45, 7) is 3.17. The normalized spacial score (nSPS) is 17.7. The van der Waals surface area contributed by atoms with Crippen molar-refractivity contribution in [3.05, 3.63) is 53.6 Å². The molecule has 27 heavy (non-hydrogen) atoms. The molecule has 4 rings (SSSR count). The van der Waals surface area contributed by atoms with E-state index in [4.69, 9.17) is 9.47 Å². The molecular formula is C22H26N2O3. The van der Waals surface area contributed by atoms with Gasteiger partial charge in [-0.3, -0.25) is 4.79 Å². The highest BCUT2D eigenvalue weighted by molar-refractivity contribution is 5.79. The molecule has 5 heteroatoms. The summed E-state index contributed by atoms with van der Waals surface area (Å²) in [5.41, 5.74) is 3.84. The number of fused-ring (bicyclic) bond motifs is 2.